The predicted molar refractivity (Wildman–Crippen MR) is 98.8 cm³/mol. The van der Waals surface area contributed by atoms with E-state index in [2.05, 4.69) is 4.98 Å². The Kier molecular flexibility index (Phi) is 6.18. The largest absolute Gasteiger partial charge is 0.462 e. The fourth-order valence-corrected chi connectivity index (χ4v) is 3.85. The maximum Gasteiger partial charge on any atom is 0.340 e. The molecule has 0 aliphatic heterocycles. The van der Waals surface area contributed by atoms with Crippen molar-refractivity contribution in [1.29, 1.82) is 5.26 Å². The number of benzene rings is 1. The molecular weight excluding hydrogens is 371 g/mol. The third-order valence-corrected chi connectivity index (χ3v) is 5.54. The number of nitrogens with zero attached hydrogens (tertiary/aromatic N) is 1. The van der Waals surface area contributed by atoms with Gasteiger partial charge in [0.2, 0.25) is 0 Å². The molecule has 1 N–H and O–H groups in total. The van der Waals surface area contributed by atoms with Crippen molar-refractivity contribution in [3.05, 3.63) is 63.1 Å². The van der Waals surface area contributed by atoms with Crippen molar-refractivity contribution in [2.75, 3.05) is 6.61 Å². The summed E-state index contributed by atoms with van der Waals surface area (Å²) in [5.41, 5.74) is 2.04. The molecule has 142 valence electrons. The number of ether oxygens (including phenoxy) is 1. The van der Waals surface area contributed by atoms with Gasteiger partial charge in [0.15, 0.2) is 9.84 Å². The van der Waals surface area contributed by atoms with Crippen LogP contribution in [-0.4, -0.2) is 26.0 Å². The molecule has 8 heteroatoms. The zero-order chi connectivity index (χ0) is 20.2. The van der Waals surface area contributed by atoms with Crippen LogP contribution >= 0.6 is 0 Å². The Bertz CT molecular complexity index is 1030. The van der Waals surface area contributed by atoms with Crippen LogP contribution in [0.3, 0.4) is 0 Å². The highest BCUT2D eigenvalue weighted by Crippen LogP contribution is 2.23. The van der Waals surface area contributed by atoms with Crippen LogP contribution in [0, 0.1) is 31.0 Å². The summed E-state index contributed by atoms with van der Waals surface area (Å²) in [7, 11) is -3.95. The zero-order valence-electron chi connectivity index (χ0n) is 15.2. The number of carbonyl (C=O) groups is 1. The summed E-state index contributed by atoms with van der Waals surface area (Å²) in [6, 6.07) is 6.71. The number of halogens is 1. The smallest absolute Gasteiger partial charge is 0.340 e. The number of allylic oxidation sites excluding steroid dienone is 1. The van der Waals surface area contributed by atoms with E-state index in [1.165, 1.54) is 18.2 Å². The highest BCUT2D eigenvalue weighted by molar-refractivity contribution is 7.95. The summed E-state index contributed by atoms with van der Waals surface area (Å²) < 4.78 is 43.1. The minimum Gasteiger partial charge on any atom is -0.462 e. The standard InChI is InChI=1S/C19H19FN2O4S/c1-4-26-19(23)18-12(2)17(22-13(18)3)9-16(10-21)27(24,25)11-14-5-7-15(20)8-6-14/h5-9,22H,4,11H2,1-3H3/b16-9-. The summed E-state index contributed by atoms with van der Waals surface area (Å²) in [5, 5.41) is 9.34. The van der Waals surface area contributed by atoms with Crippen LogP contribution in [0.1, 0.15) is 39.8 Å². The van der Waals surface area contributed by atoms with Gasteiger partial charge >= 0.3 is 5.97 Å². The first-order valence-electron chi connectivity index (χ1n) is 8.15. The van der Waals surface area contributed by atoms with Crippen molar-refractivity contribution >= 4 is 21.9 Å². The van der Waals surface area contributed by atoms with Gasteiger partial charge in [0.25, 0.3) is 0 Å². The molecule has 0 atom stereocenters. The second-order valence-corrected chi connectivity index (χ2v) is 7.85. The van der Waals surface area contributed by atoms with Crippen molar-refractivity contribution in [2.24, 2.45) is 0 Å². The van der Waals surface area contributed by atoms with Gasteiger partial charge in [-0.3, -0.25) is 0 Å². The van der Waals surface area contributed by atoms with Crippen LogP contribution in [0.5, 0.6) is 0 Å². The summed E-state index contributed by atoms with van der Waals surface area (Å²) in [4.78, 5) is 14.5. The lowest BCUT2D eigenvalue weighted by molar-refractivity contribution is 0.0525. The molecule has 2 aromatic rings. The molecule has 6 nitrogen and oxygen atoms in total. The summed E-state index contributed by atoms with van der Waals surface area (Å²) in [5.74, 6) is -1.43. The van der Waals surface area contributed by atoms with Crippen LogP contribution in [-0.2, 0) is 20.3 Å². The van der Waals surface area contributed by atoms with Crippen LogP contribution in [0.25, 0.3) is 6.08 Å². The fraction of sp³-hybridized carbons (Fsp3) is 0.263. The van der Waals surface area contributed by atoms with Gasteiger partial charge in [-0.2, -0.15) is 5.26 Å². The Labute approximate surface area is 157 Å². The van der Waals surface area contributed by atoms with Crippen LogP contribution in [0.4, 0.5) is 4.39 Å². The van der Waals surface area contributed by atoms with Crippen LogP contribution in [0.15, 0.2) is 29.2 Å². The SMILES string of the molecule is CCOC(=O)c1c(C)[nH]c(/C=C(/C#N)S(=O)(=O)Cc2ccc(F)cc2)c1C. The number of rotatable bonds is 6. The first-order chi connectivity index (χ1) is 12.7. The molecule has 0 fully saturated rings. The van der Waals surface area contributed by atoms with E-state index >= 15 is 0 Å². The molecule has 0 aliphatic rings. The Morgan fingerprint density at radius 1 is 1.30 bits per heavy atom. The number of esters is 1. The van der Waals surface area contributed by atoms with E-state index in [4.69, 9.17) is 4.74 Å². The van der Waals surface area contributed by atoms with E-state index in [0.717, 1.165) is 12.1 Å². The van der Waals surface area contributed by atoms with E-state index in [1.807, 2.05) is 0 Å². The molecule has 1 aromatic heterocycles. The van der Waals surface area contributed by atoms with E-state index in [-0.39, 0.29) is 6.61 Å². The molecule has 1 heterocycles. The zero-order valence-corrected chi connectivity index (χ0v) is 16.0. The van der Waals surface area contributed by atoms with Gasteiger partial charge in [-0.15, -0.1) is 0 Å². The first kappa shape index (κ1) is 20.4. The Balaban J connectivity index is 2.41. The number of nitrogens with one attached hydrogen (secondary N) is 1. The average molecular weight is 390 g/mol. The summed E-state index contributed by atoms with van der Waals surface area (Å²) >= 11 is 0. The second-order valence-electron chi connectivity index (χ2n) is 5.89. The Morgan fingerprint density at radius 2 is 1.93 bits per heavy atom. The number of aromatic amines is 1. The van der Waals surface area contributed by atoms with Crippen molar-refractivity contribution in [3.8, 4) is 6.07 Å². The van der Waals surface area contributed by atoms with Crippen LogP contribution in [0.2, 0.25) is 0 Å². The normalized spacial score (nSPS) is 11.9. The number of H-pyrrole nitrogens is 1. The lowest BCUT2D eigenvalue weighted by Crippen LogP contribution is -2.07. The topological polar surface area (TPSA) is 100 Å². The van der Waals surface area contributed by atoms with Gasteiger partial charge in [-0.1, -0.05) is 12.1 Å². The third kappa shape index (κ3) is 4.63. The lowest BCUT2D eigenvalue weighted by Gasteiger charge is -2.04. The van der Waals surface area contributed by atoms with E-state index in [9.17, 15) is 22.9 Å². The van der Waals surface area contributed by atoms with Crippen LogP contribution < -0.4 is 0 Å². The Morgan fingerprint density at radius 3 is 2.48 bits per heavy atom. The molecule has 0 saturated heterocycles. The number of aromatic nitrogens is 1. The molecule has 0 amide bonds. The van der Waals surface area contributed by atoms with Crippen molar-refractivity contribution in [1.82, 2.24) is 4.98 Å². The minimum atomic E-state index is -3.95. The number of carbonyl (C=O) groups excluding carboxylic acids is 1. The second kappa shape index (κ2) is 8.18. The van der Waals surface area contributed by atoms with Crippen molar-refractivity contribution in [3.63, 3.8) is 0 Å². The van der Waals surface area contributed by atoms with Gasteiger partial charge in [0.05, 0.1) is 17.9 Å². The molecule has 1 aromatic carbocycles. The van der Waals surface area contributed by atoms with Crippen molar-refractivity contribution < 1.29 is 22.3 Å². The number of aryl methyl sites for hydroxylation is 1. The van der Waals surface area contributed by atoms with Gasteiger partial charge in [-0.05, 0) is 50.1 Å². The molecule has 0 unspecified atom stereocenters. The highest BCUT2D eigenvalue weighted by atomic mass is 32.2. The first-order valence-corrected chi connectivity index (χ1v) is 9.80. The summed E-state index contributed by atoms with van der Waals surface area (Å²) in [6.45, 7) is 5.20. The Hall–Kier alpha value is -2.92. The maximum atomic E-state index is 13.0. The molecule has 2 rings (SSSR count). The summed E-state index contributed by atoms with van der Waals surface area (Å²) in [6.07, 6.45) is 1.20. The monoisotopic (exact) mass is 390 g/mol. The van der Waals surface area contributed by atoms with Gasteiger partial charge in [0.1, 0.15) is 16.8 Å². The minimum absolute atomic E-state index is 0.212. The molecule has 27 heavy (non-hydrogen) atoms. The fourth-order valence-electron chi connectivity index (χ4n) is 2.63. The van der Waals surface area contributed by atoms with E-state index in [1.54, 1.807) is 26.8 Å². The molecular formula is C19H19FN2O4S. The van der Waals surface area contributed by atoms with Gasteiger partial charge in [-0.25, -0.2) is 17.6 Å². The molecule has 0 bridgehead atoms. The molecule has 0 saturated carbocycles. The number of nitriles is 1. The van der Waals surface area contributed by atoms with E-state index in [0.29, 0.717) is 28.1 Å². The number of hydrogen-bond acceptors (Lipinski definition) is 5. The third-order valence-electron chi connectivity index (χ3n) is 3.95. The van der Waals surface area contributed by atoms with Crippen molar-refractivity contribution in [2.45, 2.75) is 26.5 Å². The maximum absolute atomic E-state index is 13.0. The molecule has 0 spiro atoms. The van der Waals surface area contributed by atoms with E-state index < -0.39 is 32.3 Å². The lowest BCUT2D eigenvalue weighted by atomic mass is 10.1. The predicted octanol–water partition coefficient (Wildman–Crippen LogP) is 3.43. The number of sulfone groups is 1. The highest BCUT2D eigenvalue weighted by Gasteiger charge is 2.22. The molecule has 0 aliphatic carbocycles. The van der Waals surface area contributed by atoms with Gasteiger partial charge in [0, 0.05) is 11.4 Å². The van der Waals surface area contributed by atoms with Gasteiger partial charge < -0.3 is 9.72 Å². The number of hydrogen-bond donors (Lipinski definition) is 1. The average Bonchev–Trinajstić information content (AvgIpc) is 2.88. The quantitative estimate of drug-likeness (QED) is 0.602. The molecule has 0 radical (unpaired) electrons.